The van der Waals surface area contributed by atoms with Crippen molar-refractivity contribution in [2.45, 2.75) is 64.0 Å². The number of nitrogens with zero attached hydrogens (tertiary/aromatic N) is 2. The van der Waals surface area contributed by atoms with Crippen LogP contribution in [0.2, 0.25) is 0 Å². The summed E-state index contributed by atoms with van der Waals surface area (Å²) in [5.41, 5.74) is 2.44. The van der Waals surface area contributed by atoms with Gasteiger partial charge in [0.2, 0.25) is 5.91 Å². The molecule has 3 aromatic rings. The highest BCUT2D eigenvalue weighted by Gasteiger charge is 2.57. The van der Waals surface area contributed by atoms with Crippen molar-refractivity contribution >= 4 is 17.7 Å². The first-order valence-electron chi connectivity index (χ1n) is 13.4. The molecule has 2 aromatic carbocycles. The number of rotatable bonds is 3. The second-order valence-corrected chi connectivity index (χ2v) is 11.6. The van der Waals surface area contributed by atoms with Crippen LogP contribution in [0, 0.1) is 6.92 Å². The molecule has 2 atom stereocenters. The van der Waals surface area contributed by atoms with Crippen molar-refractivity contribution in [3.05, 3.63) is 82.8 Å². The molecule has 0 bridgehead atoms. The largest absolute Gasteiger partial charge is 0.491 e. The van der Waals surface area contributed by atoms with E-state index in [4.69, 9.17) is 13.9 Å². The predicted molar refractivity (Wildman–Crippen MR) is 144 cm³/mol. The number of likely N-dealkylation sites (tertiary alicyclic amines) is 1. The highest BCUT2D eigenvalue weighted by molar-refractivity contribution is 6.11. The molecule has 1 spiro atoms. The Labute approximate surface area is 223 Å². The quantitative estimate of drug-likeness (QED) is 0.433. The molecular formula is C31H34N2O5. The maximum atomic E-state index is 14.3. The van der Waals surface area contributed by atoms with Gasteiger partial charge in [0.05, 0.1) is 6.54 Å². The lowest BCUT2D eigenvalue weighted by Gasteiger charge is -2.34. The lowest BCUT2D eigenvalue weighted by molar-refractivity contribution is -0.122. The van der Waals surface area contributed by atoms with E-state index in [2.05, 4.69) is 12.1 Å². The number of piperidine rings is 1. The van der Waals surface area contributed by atoms with Crippen LogP contribution in [0.15, 0.2) is 59.0 Å². The van der Waals surface area contributed by atoms with Crippen LogP contribution in [0.25, 0.3) is 0 Å². The third-order valence-corrected chi connectivity index (χ3v) is 7.83. The lowest BCUT2D eigenvalue weighted by atomic mass is 9.75. The van der Waals surface area contributed by atoms with E-state index >= 15 is 0 Å². The monoisotopic (exact) mass is 514 g/mol. The molecule has 0 aliphatic carbocycles. The van der Waals surface area contributed by atoms with Gasteiger partial charge in [0.25, 0.3) is 0 Å². The minimum Gasteiger partial charge on any atom is -0.491 e. The van der Waals surface area contributed by atoms with Crippen molar-refractivity contribution in [2.24, 2.45) is 0 Å². The fraction of sp³-hybridized carbons (Fsp3) is 0.419. The Morgan fingerprint density at radius 1 is 1.11 bits per heavy atom. The predicted octanol–water partition coefficient (Wildman–Crippen LogP) is 5.93. The van der Waals surface area contributed by atoms with Gasteiger partial charge in [-0.2, -0.15) is 0 Å². The Balaban J connectivity index is 1.34. The van der Waals surface area contributed by atoms with E-state index in [9.17, 15) is 9.59 Å². The van der Waals surface area contributed by atoms with E-state index in [0.717, 1.165) is 52.5 Å². The first kappa shape index (κ1) is 24.6. The summed E-state index contributed by atoms with van der Waals surface area (Å²) in [6, 6.07) is 18.0. The van der Waals surface area contributed by atoms with E-state index in [0.29, 0.717) is 19.6 Å². The number of carbonyl (C=O) groups is 2. The Morgan fingerprint density at radius 2 is 1.92 bits per heavy atom. The molecule has 0 saturated carbocycles. The lowest BCUT2D eigenvalue weighted by Crippen LogP contribution is -2.43. The fourth-order valence-electron chi connectivity index (χ4n) is 6.07. The van der Waals surface area contributed by atoms with E-state index in [1.165, 1.54) is 0 Å². The number of anilines is 1. The minimum atomic E-state index is -0.900. The summed E-state index contributed by atoms with van der Waals surface area (Å²) in [4.78, 5) is 30.7. The third kappa shape index (κ3) is 4.05. The number of furan rings is 1. The molecule has 7 nitrogen and oxygen atoms in total. The maximum Gasteiger partial charge on any atom is 0.410 e. The van der Waals surface area contributed by atoms with Crippen molar-refractivity contribution in [3.63, 3.8) is 0 Å². The number of benzene rings is 2. The summed E-state index contributed by atoms with van der Waals surface area (Å²) in [7, 11) is 0. The van der Waals surface area contributed by atoms with Crippen LogP contribution >= 0.6 is 0 Å². The van der Waals surface area contributed by atoms with Crippen molar-refractivity contribution in [2.75, 3.05) is 24.6 Å². The molecule has 38 heavy (non-hydrogen) atoms. The smallest absolute Gasteiger partial charge is 0.410 e. The molecule has 0 radical (unpaired) electrons. The van der Waals surface area contributed by atoms with Crippen molar-refractivity contribution < 1.29 is 23.5 Å². The highest BCUT2D eigenvalue weighted by Crippen LogP contribution is 2.53. The normalized spacial score (nSPS) is 22.4. The number of amides is 2. The van der Waals surface area contributed by atoms with Crippen LogP contribution in [0.5, 0.6) is 5.75 Å². The van der Waals surface area contributed by atoms with Gasteiger partial charge in [0.1, 0.15) is 34.9 Å². The molecule has 2 amide bonds. The van der Waals surface area contributed by atoms with Crippen LogP contribution in [0.3, 0.4) is 0 Å². The molecule has 3 aliphatic heterocycles. The summed E-state index contributed by atoms with van der Waals surface area (Å²) in [5, 5.41) is 0. The zero-order valence-electron chi connectivity index (χ0n) is 22.5. The van der Waals surface area contributed by atoms with Gasteiger partial charge >= 0.3 is 6.09 Å². The topological polar surface area (TPSA) is 72.2 Å². The summed E-state index contributed by atoms with van der Waals surface area (Å²) in [5.74, 6) is 2.48. The molecule has 1 saturated heterocycles. The van der Waals surface area contributed by atoms with E-state index < -0.39 is 11.0 Å². The van der Waals surface area contributed by atoms with E-state index in [1.807, 2.05) is 80.0 Å². The van der Waals surface area contributed by atoms with Crippen molar-refractivity contribution in [3.8, 4) is 5.75 Å². The number of hydrogen-bond donors (Lipinski definition) is 0. The minimum absolute atomic E-state index is 0.00248. The van der Waals surface area contributed by atoms with Gasteiger partial charge in [0.15, 0.2) is 0 Å². The number of aryl methyl sites for hydroxylation is 1. The second kappa shape index (κ2) is 8.93. The highest BCUT2D eigenvalue weighted by atomic mass is 16.6. The number of fused-ring (bicyclic) bond motifs is 4. The maximum absolute atomic E-state index is 14.3. The summed E-state index contributed by atoms with van der Waals surface area (Å²) in [6.45, 7) is 9.49. The van der Waals surface area contributed by atoms with Gasteiger partial charge < -0.3 is 23.7 Å². The number of hydrogen-bond acceptors (Lipinski definition) is 5. The molecule has 1 fully saturated rings. The second-order valence-electron chi connectivity index (χ2n) is 11.6. The van der Waals surface area contributed by atoms with Crippen LogP contribution in [-0.2, 0) is 21.5 Å². The average molecular weight is 515 g/mol. The fourth-order valence-corrected chi connectivity index (χ4v) is 6.07. The molecule has 2 unspecified atom stereocenters. The Morgan fingerprint density at radius 3 is 2.68 bits per heavy atom. The summed E-state index contributed by atoms with van der Waals surface area (Å²) in [6.07, 6.45) is 1.60. The number of para-hydroxylation sites is 1. The first-order chi connectivity index (χ1) is 18.2. The van der Waals surface area contributed by atoms with Crippen LogP contribution in [0.4, 0.5) is 10.5 Å². The number of ether oxygens (including phenoxy) is 2. The van der Waals surface area contributed by atoms with Crippen LogP contribution in [-0.4, -0.2) is 42.2 Å². The third-order valence-electron chi connectivity index (χ3n) is 7.83. The van der Waals surface area contributed by atoms with Gasteiger partial charge in [-0.25, -0.2) is 4.79 Å². The molecule has 4 heterocycles. The van der Waals surface area contributed by atoms with E-state index in [1.54, 1.807) is 0 Å². The van der Waals surface area contributed by atoms with Gasteiger partial charge in [-0.05, 0) is 75.9 Å². The first-order valence-corrected chi connectivity index (χ1v) is 13.4. The molecule has 1 aromatic heterocycles. The summed E-state index contributed by atoms with van der Waals surface area (Å²) >= 11 is 0. The zero-order valence-corrected chi connectivity index (χ0v) is 22.5. The van der Waals surface area contributed by atoms with E-state index in [-0.39, 0.29) is 24.5 Å². The molecule has 3 aliphatic rings. The van der Waals surface area contributed by atoms with Gasteiger partial charge in [0, 0.05) is 30.3 Å². The molecule has 198 valence electrons. The van der Waals surface area contributed by atoms with Gasteiger partial charge in [-0.3, -0.25) is 4.79 Å². The van der Waals surface area contributed by atoms with Gasteiger partial charge in [-0.15, -0.1) is 0 Å². The zero-order chi connectivity index (χ0) is 26.7. The van der Waals surface area contributed by atoms with Crippen molar-refractivity contribution in [1.29, 1.82) is 0 Å². The van der Waals surface area contributed by atoms with Gasteiger partial charge in [-0.1, -0.05) is 30.3 Å². The Bertz CT molecular complexity index is 1400. The van der Waals surface area contributed by atoms with Crippen molar-refractivity contribution in [1.82, 2.24) is 4.90 Å². The molecule has 0 N–H and O–H groups in total. The summed E-state index contributed by atoms with van der Waals surface area (Å²) < 4.78 is 17.6. The van der Waals surface area contributed by atoms with Crippen LogP contribution < -0.4 is 9.64 Å². The Hall–Kier alpha value is -3.74. The molecule has 7 heteroatoms. The standard InChI is InChI=1S/C31H34N2O5/c1-20-11-13-23(37-20)18-33-26-10-6-5-9-24(26)31(28(33)34)19-36-27-14-12-21(16-25(27)31)22-8-7-15-32(17-22)29(35)38-30(2,3)4/h5-6,9-14,16,22H,7-8,15,17-19H2,1-4H3. The van der Waals surface area contributed by atoms with Crippen LogP contribution in [0.1, 0.15) is 67.7 Å². The molecular weight excluding hydrogens is 480 g/mol. The average Bonchev–Trinajstić information content (AvgIpc) is 3.55. The SMILES string of the molecule is Cc1ccc(CN2C(=O)C3(COc4ccc(C5CCCN(C(=O)OC(C)(C)C)C5)cc43)c3ccccc32)o1. The number of carbonyl (C=O) groups excluding carboxylic acids is 2. The molecule has 6 rings (SSSR count). The Kier molecular flexibility index (Phi) is 5.78.